The summed E-state index contributed by atoms with van der Waals surface area (Å²) in [5.74, 6) is -0.0227. The number of carbonyl (C=O) groups is 2. The molecule has 1 aromatic heterocycles. The number of hydrogen-bond acceptors (Lipinski definition) is 4. The summed E-state index contributed by atoms with van der Waals surface area (Å²) in [4.78, 5) is 29.9. The third kappa shape index (κ3) is 5.20. The maximum absolute atomic E-state index is 14.2. The number of anilines is 2. The standard InChI is InChI=1S/C24H21F3N3O3P/c1-14(31)20-13-18(8-9-28-20)33-17-5-7-22-15(11-17)3-2-10-30(22)23(32)29-21-12-16(24(26,27)34)4-6-19(21)25/h4-9,11-13H,2-3,10,34H2,1H3,(H,29,32). The van der Waals surface area contributed by atoms with E-state index in [1.165, 1.54) is 27.3 Å². The number of pyridine rings is 1. The monoisotopic (exact) mass is 487 g/mol. The van der Waals surface area contributed by atoms with Gasteiger partial charge in [0, 0.05) is 37.0 Å². The molecule has 1 unspecified atom stereocenters. The van der Waals surface area contributed by atoms with Gasteiger partial charge in [-0.15, -0.1) is 0 Å². The van der Waals surface area contributed by atoms with Gasteiger partial charge in [0.1, 0.15) is 23.0 Å². The number of nitrogens with zero attached hydrogens (tertiary/aromatic N) is 2. The van der Waals surface area contributed by atoms with Gasteiger partial charge in [0.2, 0.25) is 0 Å². The molecule has 2 amide bonds. The largest absolute Gasteiger partial charge is 0.457 e. The van der Waals surface area contributed by atoms with Crippen LogP contribution in [0, 0.1) is 5.82 Å². The number of aryl methyl sites for hydroxylation is 1. The second kappa shape index (κ2) is 9.43. The molecule has 0 bridgehead atoms. The number of benzene rings is 2. The number of hydrogen-bond donors (Lipinski definition) is 1. The topological polar surface area (TPSA) is 71.5 Å². The zero-order valence-corrected chi connectivity index (χ0v) is 19.3. The Labute approximate surface area is 196 Å². The fourth-order valence-corrected chi connectivity index (χ4v) is 3.84. The number of rotatable bonds is 5. The summed E-state index contributed by atoms with van der Waals surface area (Å²) in [7, 11) is 1.39. The van der Waals surface area contributed by atoms with E-state index in [-0.39, 0.29) is 17.2 Å². The molecule has 0 saturated carbocycles. The van der Waals surface area contributed by atoms with Crippen molar-refractivity contribution >= 4 is 32.4 Å². The Morgan fingerprint density at radius 3 is 2.62 bits per heavy atom. The zero-order chi connectivity index (χ0) is 24.5. The summed E-state index contributed by atoms with van der Waals surface area (Å²) in [6.45, 7) is 1.80. The van der Waals surface area contributed by atoms with Gasteiger partial charge in [-0.1, -0.05) is 9.24 Å². The van der Waals surface area contributed by atoms with E-state index in [0.29, 0.717) is 36.6 Å². The minimum absolute atomic E-state index is 0.180. The lowest BCUT2D eigenvalue weighted by molar-refractivity contribution is 0.101. The minimum Gasteiger partial charge on any atom is -0.457 e. The van der Waals surface area contributed by atoms with Crippen molar-refractivity contribution in [3.8, 4) is 11.5 Å². The van der Waals surface area contributed by atoms with Gasteiger partial charge in [0.25, 0.3) is 5.66 Å². The fourth-order valence-electron chi connectivity index (χ4n) is 3.66. The van der Waals surface area contributed by atoms with Gasteiger partial charge in [-0.3, -0.25) is 14.7 Å². The molecule has 0 spiro atoms. The van der Waals surface area contributed by atoms with Gasteiger partial charge in [-0.2, -0.15) is 8.78 Å². The molecule has 0 saturated heterocycles. The number of Topliss-reactive ketones (excluding diaryl/α,β-unsaturated/α-hetero) is 1. The van der Waals surface area contributed by atoms with E-state index in [1.807, 2.05) is 0 Å². The van der Waals surface area contributed by atoms with E-state index in [2.05, 4.69) is 10.3 Å². The molecule has 3 aromatic rings. The van der Waals surface area contributed by atoms with E-state index in [4.69, 9.17) is 4.74 Å². The molecule has 176 valence electrons. The van der Waals surface area contributed by atoms with Crippen molar-refractivity contribution < 1.29 is 27.5 Å². The molecule has 10 heteroatoms. The fraction of sp³-hybridized carbons (Fsp3) is 0.208. The van der Waals surface area contributed by atoms with Crippen molar-refractivity contribution in [2.75, 3.05) is 16.8 Å². The van der Waals surface area contributed by atoms with Crippen LogP contribution in [0.15, 0.2) is 54.7 Å². The second-order valence-electron chi connectivity index (χ2n) is 7.83. The van der Waals surface area contributed by atoms with Crippen molar-refractivity contribution in [3.05, 3.63) is 77.4 Å². The quantitative estimate of drug-likeness (QED) is 0.348. The lowest BCUT2D eigenvalue weighted by Crippen LogP contribution is -2.38. The molecule has 1 aliphatic rings. The van der Waals surface area contributed by atoms with Crippen molar-refractivity contribution in [3.63, 3.8) is 0 Å². The van der Waals surface area contributed by atoms with Gasteiger partial charge in [0.15, 0.2) is 5.78 Å². The molecule has 0 fully saturated rings. The lowest BCUT2D eigenvalue weighted by atomic mass is 10.0. The van der Waals surface area contributed by atoms with Gasteiger partial charge in [-0.05, 0) is 60.9 Å². The Hall–Kier alpha value is -3.45. The number of ketones is 1. The maximum atomic E-state index is 14.2. The molecule has 0 radical (unpaired) electrons. The summed E-state index contributed by atoms with van der Waals surface area (Å²) in [6, 6.07) is 10.5. The van der Waals surface area contributed by atoms with E-state index < -0.39 is 23.1 Å². The van der Waals surface area contributed by atoms with Gasteiger partial charge in [-0.25, -0.2) is 9.18 Å². The Balaban J connectivity index is 1.54. The second-order valence-corrected chi connectivity index (χ2v) is 8.55. The van der Waals surface area contributed by atoms with Gasteiger partial charge >= 0.3 is 6.03 Å². The first-order valence-electron chi connectivity index (χ1n) is 10.4. The highest BCUT2D eigenvalue weighted by atomic mass is 31.0. The molecule has 0 aliphatic carbocycles. The molecule has 2 heterocycles. The Morgan fingerprint density at radius 1 is 1.12 bits per heavy atom. The highest BCUT2D eigenvalue weighted by Gasteiger charge is 2.27. The van der Waals surface area contributed by atoms with Gasteiger partial charge < -0.3 is 10.1 Å². The van der Waals surface area contributed by atoms with Crippen LogP contribution in [0.4, 0.5) is 29.3 Å². The predicted octanol–water partition coefficient (Wildman–Crippen LogP) is 6.12. The van der Waals surface area contributed by atoms with Crippen LogP contribution in [0.3, 0.4) is 0 Å². The molecule has 1 N–H and O–H groups in total. The Bertz CT molecular complexity index is 1260. The van der Waals surface area contributed by atoms with Crippen molar-refractivity contribution in [2.45, 2.75) is 25.4 Å². The average Bonchev–Trinajstić information content (AvgIpc) is 2.79. The number of alkyl halides is 2. The summed E-state index contributed by atoms with van der Waals surface area (Å²) in [5, 5.41) is 2.40. The smallest absolute Gasteiger partial charge is 0.326 e. The van der Waals surface area contributed by atoms with Crippen LogP contribution in [0.1, 0.15) is 35.0 Å². The normalized spacial score (nSPS) is 13.3. The van der Waals surface area contributed by atoms with Crippen molar-refractivity contribution in [1.29, 1.82) is 0 Å². The van der Waals surface area contributed by atoms with Crippen LogP contribution in [0.5, 0.6) is 11.5 Å². The van der Waals surface area contributed by atoms with Crippen LogP contribution < -0.4 is 15.0 Å². The number of ether oxygens (including phenoxy) is 1. The number of amides is 2. The third-order valence-electron chi connectivity index (χ3n) is 5.34. The van der Waals surface area contributed by atoms with E-state index in [9.17, 15) is 22.8 Å². The summed E-state index contributed by atoms with van der Waals surface area (Å²) in [5.41, 5.74) is -2.26. The predicted molar refractivity (Wildman–Crippen MR) is 125 cm³/mol. The number of carbonyl (C=O) groups excluding carboxylic acids is 2. The molecule has 6 nitrogen and oxygen atoms in total. The molecular weight excluding hydrogens is 466 g/mol. The van der Waals surface area contributed by atoms with E-state index in [1.54, 1.807) is 30.3 Å². The molecule has 1 atom stereocenters. The zero-order valence-electron chi connectivity index (χ0n) is 18.1. The summed E-state index contributed by atoms with van der Waals surface area (Å²) >= 11 is 0. The van der Waals surface area contributed by atoms with E-state index >= 15 is 0 Å². The average molecular weight is 487 g/mol. The number of aromatic nitrogens is 1. The highest BCUT2D eigenvalue weighted by molar-refractivity contribution is 7.17. The number of halogens is 3. The number of nitrogens with one attached hydrogen (secondary N) is 1. The SMILES string of the molecule is CC(=O)c1cc(Oc2ccc3c(c2)CCCN3C(=O)Nc2cc(C(F)(F)P)ccc2F)ccn1. The Kier molecular flexibility index (Phi) is 6.57. The first-order valence-corrected chi connectivity index (χ1v) is 11.0. The minimum atomic E-state index is -3.25. The third-order valence-corrected chi connectivity index (χ3v) is 5.67. The van der Waals surface area contributed by atoms with Gasteiger partial charge in [0.05, 0.1) is 5.69 Å². The first-order chi connectivity index (χ1) is 16.1. The van der Waals surface area contributed by atoms with Crippen molar-refractivity contribution in [1.82, 2.24) is 4.98 Å². The number of fused-ring (bicyclic) bond motifs is 1. The maximum Gasteiger partial charge on any atom is 0.326 e. The lowest BCUT2D eigenvalue weighted by Gasteiger charge is -2.30. The molecule has 1 aliphatic heterocycles. The van der Waals surface area contributed by atoms with E-state index in [0.717, 1.165) is 23.8 Å². The molecule has 34 heavy (non-hydrogen) atoms. The van der Waals surface area contributed by atoms with Crippen LogP contribution in [-0.2, 0) is 12.1 Å². The van der Waals surface area contributed by atoms with Crippen LogP contribution in [0.2, 0.25) is 0 Å². The number of urea groups is 1. The molecule has 2 aromatic carbocycles. The van der Waals surface area contributed by atoms with Crippen LogP contribution in [-0.4, -0.2) is 23.3 Å². The van der Waals surface area contributed by atoms with Crippen LogP contribution in [0.25, 0.3) is 0 Å². The summed E-state index contributed by atoms with van der Waals surface area (Å²) < 4.78 is 47.2. The highest BCUT2D eigenvalue weighted by Crippen LogP contribution is 2.37. The molecule has 4 rings (SSSR count). The van der Waals surface area contributed by atoms with Crippen LogP contribution >= 0.6 is 9.24 Å². The van der Waals surface area contributed by atoms with Crippen molar-refractivity contribution in [2.24, 2.45) is 0 Å². The first kappa shape index (κ1) is 23.7. The summed E-state index contributed by atoms with van der Waals surface area (Å²) in [6.07, 6.45) is 2.83. The molecular formula is C24H21F3N3O3P. The Morgan fingerprint density at radius 2 is 1.88 bits per heavy atom.